The number of carbonyl (C=O) groups excluding carboxylic acids is 2. The Hall–Kier alpha value is -3.06. The minimum Gasteiger partial charge on any atom is -0.475 e. The second-order valence-corrected chi connectivity index (χ2v) is 9.31. The van der Waals surface area contributed by atoms with E-state index in [-0.39, 0.29) is 11.8 Å². The SMILES string of the molecule is Cc1nc(CN2CCNC(=O)C23CCN(C(=O)Cc2ccccn2)CC3)cs1.O=C(O)C(F)(F)F. The Morgan fingerprint density at radius 1 is 1.20 bits per heavy atom. The lowest BCUT2D eigenvalue weighted by atomic mass is 9.83. The van der Waals surface area contributed by atoms with Crippen molar-refractivity contribution in [3.63, 3.8) is 0 Å². The van der Waals surface area contributed by atoms with Gasteiger partial charge in [-0.25, -0.2) is 9.78 Å². The number of aromatic nitrogens is 2. The van der Waals surface area contributed by atoms with Gasteiger partial charge in [-0.2, -0.15) is 13.2 Å². The number of hydrogen-bond acceptors (Lipinski definition) is 7. The van der Waals surface area contributed by atoms with Crippen LogP contribution in [0.5, 0.6) is 0 Å². The van der Waals surface area contributed by atoms with Crippen LogP contribution in [0.4, 0.5) is 13.2 Å². The van der Waals surface area contributed by atoms with E-state index in [2.05, 4.69) is 25.6 Å². The van der Waals surface area contributed by atoms with Crippen LogP contribution in [0.25, 0.3) is 0 Å². The van der Waals surface area contributed by atoms with Crippen molar-refractivity contribution in [1.82, 2.24) is 25.1 Å². The molecule has 35 heavy (non-hydrogen) atoms. The number of carbonyl (C=O) groups is 3. The molecule has 2 saturated heterocycles. The summed E-state index contributed by atoms with van der Waals surface area (Å²) in [6.45, 7) is 5.33. The van der Waals surface area contributed by atoms with Gasteiger partial charge in [-0.1, -0.05) is 6.07 Å². The molecule has 2 N–H and O–H groups in total. The Morgan fingerprint density at radius 2 is 1.89 bits per heavy atom. The van der Waals surface area contributed by atoms with Gasteiger partial charge in [0.2, 0.25) is 11.8 Å². The van der Waals surface area contributed by atoms with Gasteiger partial charge in [-0.15, -0.1) is 11.3 Å². The number of piperazine rings is 1. The van der Waals surface area contributed by atoms with E-state index >= 15 is 0 Å². The summed E-state index contributed by atoms with van der Waals surface area (Å²) >= 11 is 1.64. The number of aliphatic carboxylic acids is 1. The molecule has 0 bridgehead atoms. The Morgan fingerprint density at radius 3 is 2.43 bits per heavy atom. The third-order valence-electron chi connectivity index (χ3n) is 5.96. The molecular weight excluding hydrogens is 487 g/mol. The molecule has 0 saturated carbocycles. The predicted octanol–water partition coefficient (Wildman–Crippen LogP) is 2.02. The highest BCUT2D eigenvalue weighted by atomic mass is 32.1. The lowest BCUT2D eigenvalue weighted by Crippen LogP contribution is -2.68. The van der Waals surface area contributed by atoms with Gasteiger partial charge in [0.15, 0.2) is 0 Å². The number of likely N-dealkylation sites (tertiary alicyclic amines) is 1. The molecule has 1 spiro atoms. The Balaban J connectivity index is 0.000000429. The number of halogens is 3. The molecule has 0 aliphatic carbocycles. The average Bonchev–Trinajstić information content (AvgIpc) is 3.22. The van der Waals surface area contributed by atoms with Crippen molar-refractivity contribution in [1.29, 1.82) is 0 Å². The maximum Gasteiger partial charge on any atom is 0.490 e. The van der Waals surface area contributed by atoms with E-state index in [9.17, 15) is 22.8 Å². The summed E-state index contributed by atoms with van der Waals surface area (Å²) in [7, 11) is 0. The van der Waals surface area contributed by atoms with Gasteiger partial charge in [0.1, 0.15) is 5.54 Å². The summed E-state index contributed by atoms with van der Waals surface area (Å²) in [5.41, 5.74) is 1.26. The van der Waals surface area contributed by atoms with Crippen molar-refractivity contribution in [3.8, 4) is 0 Å². The monoisotopic (exact) mass is 513 g/mol. The molecule has 2 aliphatic heterocycles. The fourth-order valence-electron chi connectivity index (χ4n) is 4.17. The van der Waals surface area contributed by atoms with E-state index in [0.29, 0.717) is 45.4 Å². The van der Waals surface area contributed by atoms with Crippen molar-refractivity contribution in [3.05, 3.63) is 46.2 Å². The van der Waals surface area contributed by atoms with Gasteiger partial charge in [0.25, 0.3) is 0 Å². The molecule has 2 fully saturated rings. The molecule has 0 unspecified atom stereocenters. The van der Waals surface area contributed by atoms with Crippen LogP contribution in [-0.4, -0.2) is 80.6 Å². The van der Waals surface area contributed by atoms with Crippen molar-refractivity contribution in [2.45, 2.75) is 44.4 Å². The van der Waals surface area contributed by atoms with Crippen LogP contribution in [0.15, 0.2) is 29.8 Å². The van der Waals surface area contributed by atoms with Crippen molar-refractivity contribution in [2.75, 3.05) is 26.2 Å². The molecule has 4 heterocycles. The standard InChI is InChI=1S/C20H25N5O2S.C2HF3O2/c1-15-23-17(14-28-15)13-25-11-8-22-19(27)20(25)5-9-24(10-6-20)18(26)12-16-4-2-3-7-21-16;3-2(4,5)1(6)7/h2-4,7,14H,5-6,8-13H2,1H3,(H,22,27);(H,6,7). The molecule has 2 aliphatic rings. The van der Waals surface area contributed by atoms with Crippen LogP contribution in [0.1, 0.15) is 29.2 Å². The second kappa shape index (κ2) is 11.1. The predicted molar refractivity (Wildman–Crippen MR) is 120 cm³/mol. The molecule has 190 valence electrons. The van der Waals surface area contributed by atoms with Gasteiger partial charge in [-0.3, -0.25) is 19.5 Å². The number of nitrogens with zero attached hydrogens (tertiary/aromatic N) is 4. The Kier molecular flexibility index (Phi) is 8.43. The Labute approximate surface area is 204 Å². The first-order valence-corrected chi connectivity index (χ1v) is 11.8. The number of thiazole rings is 1. The van der Waals surface area contributed by atoms with E-state index in [0.717, 1.165) is 22.9 Å². The van der Waals surface area contributed by atoms with Crippen LogP contribution in [0.2, 0.25) is 0 Å². The van der Waals surface area contributed by atoms with Gasteiger partial charge in [-0.05, 0) is 31.9 Å². The lowest BCUT2D eigenvalue weighted by molar-refractivity contribution is -0.192. The maximum atomic E-state index is 12.9. The van der Waals surface area contributed by atoms with Gasteiger partial charge < -0.3 is 15.3 Å². The number of nitrogens with one attached hydrogen (secondary N) is 1. The van der Waals surface area contributed by atoms with E-state index in [4.69, 9.17) is 9.90 Å². The van der Waals surface area contributed by atoms with E-state index in [1.54, 1.807) is 17.5 Å². The first-order chi connectivity index (χ1) is 16.5. The third-order valence-corrected chi connectivity index (χ3v) is 6.78. The molecule has 2 aromatic heterocycles. The zero-order valence-corrected chi connectivity index (χ0v) is 19.9. The normalized spacial score (nSPS) is 17.9. The lowest BCUT2D eigenvalue weighted by Gasteiger charge is -2.49. The number of piperidine rings is 1. The first-order valence-electron chi connectivity index (χ1n) is 10.9. The quantitative estimate of drug-likeness (QED) is 0.643. The summed E-state index contributed by atoms with van der Waals surface area (Å²) in [6, 6.07) is 5.61. The summed E-state index contributed by atoms with van der Waals surface area (Å²) in [5.74, 6) is -2.60. The highest BCUT2D eigenvalue weighted by Gasteiger charge is 2.48. The van der Waals surface area contributed by atoms with Crippen molar-refractivity contribution >= 4 is 29.1 Å². The number of pyridine rings is 1. The number of amides is 2. The smallest absolute Gasteiger partial charge is 0.475 e. The average molecular weight is 514 g/mol. The van der Waals surface area contributed by atoms with Crippen LogP contribution >= 0.6 is 11.3 Å². The molecule has 2 aromatic rings. The second-order valence-electron chi connectivity index (χ2n) is 8.25. The minimum absolute atomic E-state index is 0.0754. The van der Waals surface area contributed by atoms with E-state index < -0.39 is 17.7 Å². The van der Waals surface area contributed by atoms with Crippen LogP contribution in [0.3, 0.4) is 0 Å². The largest absolute Gasteiger partial charge is 0.490 e. The van der Waals surface area contributed by atoms with E-state index in [1.165, 1.54) is 0 Å². The van der Waals surface area contributed by atoms with Crippen molar-refractivity contribution in [2.24, 2.45) is 0 Å². The number of rotatable bonds is 4. The zero-order chi connectivity index (χ0) is 25.6. The van der Waals surface area contributed by atoms with Crippen LogP contribution in [0, 0.1) is 6.92 Å². The fraction of sp³-hybridized carbons (Fsp3) is 0.500. The van der Waals surface area contributed by atoms with Crippen molar-refractivity contribution < 1.29 is 32.7 Å². The topological polar surface area (TPSA) is 116 Å². The Bertz CT molecular complexity index is 1040. The summed E-state index contributed by atoms with van der Waals surface area (Å²) in [5, 5.41) is 13.3. The molecule has 9 nitrogen and oxygen atoms in total. The summed E-state index contributed by atoms with van der Waals surface area (Å²) < 4.78 is 31.7. The third kappa shape index (κ3) is 6.75. The molecule has 0 atom stereocenters. The van der Waals surface area contributed by atoms with Gasteiger partial charge in [0.05, 0.1) is 17.1 Å². The zero-order valence-electron chi connectivity index (χ0n) is 19.0. The highest BCUT2D eigenvalue weighted by molar-refractivity contribution is 7.09. The molecule has 0 radical (unpaired) electrons. The summed E-state index contributed by atoms with van der Waals surface area (Å²) in [6.07, 6.45) is -1.77. The minimum atomic E-state index is -5.08. The number of hydrogen-bond donors (Lipinski definition) is 2. The molecular formula is C22H26F3N5O4S. The fourth-order valence-corrected chi connectivity index (χ4v) is 4.78. The molecule has 0 aromatic carbocycles. The summed E-state index contributed by atoms with van der Waals surface area (Å²) in [4.78, 5) is 47.4. The first kappa shape index (κ1) is 26.5. The van der Waals surface area contributed by atoms with E-state index in [1.807, 2.05) is 30.0 Å². The number of aryl methyl sites for hydroxylation is 1. The maximum absolute atomic E-state index is 12.9. The molecule has 2 amide bonds. The molecule has 13 heteroatoms. The van der Waals surface area contributed by atoms with Crippen LogP contribution < -0.4 is 5.32 Å². The van der Waals surface area contributed by atoms with Gasteiger partial charge >= 0.3 is 12.1 Å². The number of carboxylic acids is 1. The number of alkyl halides is 3. The van der Waals surface area contributed by atoms with Crippen LogP contribution in [-0.2, 0) is 27.3 Å². The number of carboxylic acid groups (broad SMARTS) is 1. The highest BCUT2D eigenvalue weighted by Crippen LogP contribution is 2.33. The molecule has 4 rings (SSSR count). The van der Waals surface area contributed by atoms with Gasteiger partial charge in [0, 0.05) is 50.0 Å².